The number of nitrogens with one attached hydrogen (secondary N) is 1. The smallest absolute Gasteiger partial charge is 0.193 e. The lowest BCUT2D eigenvalue weighted by Crippen LogP contribution is -2.49. The summed E-state index contributed by atoms with van der Waals surface area (Å²) in [5.41, 5.74) is 1.43. The van der Waals surface area contributed by atoms with E-state index in [2.05, 4.69) is 52.6 Å². The number of nitrogens with zero attached hydrogens (tertiary/aromatic N) is 2. The number of benzene rings is 1. The molecule has 0 radical (unpaired) electrons. The predicted molar refractivity (Wildman–Crippen MR) is 90.3 cm³/mol. The van der Waals surface area contributed by atoms with Gasteiger partial charge in [0.15, 0.2) is 5.96 Å². The first-order valence-electron chi connectivity index (χ1n) is 8.32. The highest BCUT2D eigenvalue weighted by atomic mass is 16.5. The van der Waals surface area contributed by atoms with Crippen LogP contribution in [0.2, 0.25) is 0 Å². The fraction of sp³-hybridized carbons (Fsp3) is 0.611. The zero-order valence-electron chi connectivity index (χ0n) is 13.7. The third-order valence-electron chi connectivity index (χ3n) is 5.23. The topological polar surface area (TPSA) is 36.9 Å². The van der Waals surface area contributed by atoms with Gasteiger partial charge in [-0.2, -0.15) is 0 Å². The molecule has 1 aromatic carbocycles. The predicted octanol–water partition coefficient (Wildman–Crippen LogP) is 2.62. The number of methoxy groups -OCH3 is 1. The van der Waals surface area contributed by atoms with Crippen molar-refractivity contribution < 1.29 is 4.74 Å². The van der Waals surface area contributed by atoms with E-state index < -0.39 is 0 Å². The van der Waals surface area contributed by atoms with Crippen molar-refractivity contribution in [2.75, 3.05) is 33.8 Å². The Balaban J connectivity index is 1.57. The average Bonchev–Trinajstić information content (AvgIpc) is 2.99. The Kier molecular flexibility index (Phi) is 4.67. The lowest BCUT2D eigenvalue weighted by atomic mass is 9.76. The van der Waals surface area contributed by atoms with E-state index >= 15 is 0 Å². The van der Waals surface area contributed by atoms with Gasteiger partial charge in [-0.05, 0) is 37.2 Å². The molecule has 1 aromatic rings. The third kappa shape index (κ3) is 3.27. The van der Waals surface area contributed by atoms with Gasteiger partial charge < -0.3 is 15.0 Å². The van der Waals surface area contributed by atoms with Crippen LogP contribution >= 0.6 is 0 Å². The first-order chi connectivity index (χ1) is 10.7. The molecule has 1 N–H and O–H groups in total. The fourth-order valence-corrected chi connectivity index (χ4v) is 3.62. The minimum absolute atomic E-state index is 0.0444. The van der Waals surface area contributed by atoms with E-state index in [0.717, 1.165) is 38.4 Å². The van der Waals surface area contributed by atoms with Crippen molar-refractivity contribution in [1.29, 1.82) is 0 Å². The molecule has 0 atom stereocenters. The van der Waals surface area contributed by atoms with Crippen molar-refractivity contribution >= 4 is 5.96 Å². The molecule has 1 fully saturated rings. The number of rotatable bonds is 4. The van der Waals surface area contributed by atoms with Gasteiger partial charge in [0.2, 0.25) is 0 Å². The lowest BCUT2D eigenvalue weighted by Gasteiger charge is -2.39. The number of hydrogen-bond acceptors (Lipinski definition) is 4. The maximum absolute atomic E-state index is 5.92. The Morgan fingerprint density at radius 2 is 2.00 bits per heavy atom. The SMILES string of the molecule is COC1(CNC2=NCCN2C)CCC(c2ccccc2)CC1. The van der Waals surface area contributed by atoms with Gasteiger partial charge in [0.25, 0.3) is 0 Å². The van der Waals surface area contributed by atoms with Gasteiger partial charge in [-0.3, -0.25) is 4.99 Å². The van der Waals surface area contributed by atoms with Crippen LogP contribution in [0.4, 0.5) is 0 Å². The Morgan fingerprint density at radius 1 is 1.27 bits per heavy atom. The summed E-state index contributed by atoms with van der Waals surface area (Å²) in [6, 6.07) is 10.9. The first-order valence-corrected chi connectivity index (χ1v) is 8.32. The molecule has 0 saturated heterocycles. The molecule has 3 rings (SSSR count). The van der Waals surface area contributed by atoms with Gasteiger partial charge in [-0.25, -0.2) is 0 Å². The highest BCUT2D eigenvalue weighted by molar-refractivity contribution is 5.81. The van der Waals surface area contributed by atoms with Crippen LogP contribution in [0, 0.1) is 0 Å². The van der Waals surface area contributed by atoms with Crippen molar-refractivity contribution in [2.24, 2.45) is 4.99 Å². The zero-order chi connectivity index (χ0) is 15.4. The highest BCUT2D eigenvalue weighted by Gasteiger charge is 2.36. The summed E-state index contributed by atoms with van der Waals surface area (Å²) in [5, 5.41) is 3.50. The molecule has 1 aliphatic carbocycles. The van der Waals surface area contributed by atoms with Crippen LogP contribution in [0.25, 0.3) is 0 Å². The number of likely N-dealkylation sites (N-methyl/N-ethyl adjacent to an activating group) is 1. The van der Waals surface area contributed by atoms with E-state index in [0.29, 0.717) is 5.92 Å². The molecule has 120 valence electrons. The Morgan fingerprint density at radius 3 is 2.59 bits per heavy atom. The minimum Gasteiger partial charge on any atom is -0.376 e. The summed E-state index contributed by atoms with van der Waals surface area (Å²) >= 11 is 0. The molecule has 0 spiro atoms. The van der Waals surface area contributed by atoms with E-state index in [1.807, 2.05) is 7.11 Å². The Bertz CT molecular complexity index is 506. The average molecular weight is 301 g/mol. The standard InChI is InChI=1S/C18H27N3O/c1-21-13-12-19-17(21)20-14-18(22-2)10-8-16(9-11-18)15-6-4-3-5-7-15/h3-7,16H,8-14H2,1-2H3,(H,19,20). The first kappa shape index (κ1) is 15.3. The summed E-state index contributed by atoms with van der Waals surface area (Å²) in [4.78, 5) is 6.68. The molecule has 22 heavy (non-hydrogen) atoms. The van der Waals surface area contributed by atoms with Crippen LogP contribution < -0.4 is 5.32 Å². The van der Waals surface area contributed by atoms with Gasteiger partial charge in [0.05, 0.1) is 12.1 Å². The zero-order valence-corrected chi connectivity index (χ0v) is 13.7. The molecule has 0 unspecified atom stereocenters. The van der Waals surface area contributed by atoms with Gasteiger partial charge in [0, 0.05) is 27.2 Å². The van der Waals surface area contributed by atoms with E-state index in [1.54, 1.807) is 0 Å². The monoisotopic (exact) mass is 301 g/mol. The van der Waals surface area contributed by atoms with Crippen molar-refractivity contribution in [3.05, 3.63) is 35.9 Å². The van der Waals surface area contributed by atoms with Crippen molar-refractivity contribution in [3.8, 4) is 0 Å². The molecule has 1 saturated carbocycles. The molecule has 2 aliphatic rings. The second-order valence-electron chi connectivity index (χ2n) is 6.55. The quantitative estimate of drug-likeness (QED) is 0.929. The van der Waals surface area contributed by atoms with Crippen LogP contribution in [0.3, 0.4) is 0 Å². The van der Waals surface area contributed by atoms with E-state index in [4.69, 9.17) is 4.74 Å². The molecule has 0 aromatic heterocycles. The number of aliphatic imine (C=N–C) groups is 1. The molecule has 0 amide bonds. The Labute approximate surface area is 133 Å². The lowest BCUT2D eigenvalue weighted by molar-refractivity contribution is -0.0385. The third-order valence-corrected chi connectivity index (χ3v) is 5.23. The van der Waals surface area contributed by atoms with Crippen molar-refractivity contribution in [1.82, 2.24) is 10.2 Å². The molecule has 1 aliphatic heterocycles. The molecular weight excluding hydrogens is 274 g/mol. The maximum Gasteiger partial charge on any atom is 0.193 e. The number of guanidine groups is 1. The summed E-state index contributed by atoms with van der Waals surface area (Å²) in [7, 11) is 3.94. The van der Waals surface area contributed by atoms with E-state index in [9.17, 15) is 0 Å². The number of ether oxygens (including phenoxy) is 1. The number of hydrogen-bond donors (Lipinski definition) is 1. The van der Waals surface area contributed by atoms with Crippen LogP contribution in [-0.2, 0) is 4.74 Å². The Hall–Kier alpha value is -1.55. The second-order valence-corrected chi connectivity index (χ2v) is 6.55. The summed E-state index contributed by atoms with van der Waals surface area (Å²) in [5.74, 6) is 1.69. The summed E-state index contributed by atoms with van der Waals surface area (Å²) in [6.07, 6.45) is 4.60. The molecule has 1 heterocycles. The molecule has 0 bridgehead atoms. The van der Waals surface area contributed by atoms with Crippen LogP contribution in [0.5, 0.6) is 0 Å². The minimum atomic E-state index is -0.0444. The van der Waals surface area contributed by atoms with Crippen molar-refractivity contribution in [3.63, 3.8) is 0 Å². The van der Waals surface area contributed by atoms with Crippen LogP contribution in [0.1, 0.15) is 37.2 Å². The summed E-state index contributed by atoms with van der Waals surface area (Å²) in [6.45, 7) is 2.77. The van der Waals surface area contributed by atoms with Gasteiger partial charge in [-0.15, -0.1) is 0 Å². The normalized spacial score (nSPS) is 28.5. The molecule has 4 heteroatoms. The van der Waals surface area contributed by atoms with Crippen LogP contribution in [0.15, 0.2) is 35.3 Å². The molecule has 4 nitrogen and oxygen atoms in total. The summed E-state index contributed by atoms with van der Waals surface area (Å²) < 4.78 is 5.92. The van der Waals surface area contributed by atoms with E-state index in [-0.39, 0.29) is 5.60 Å². The van der Waals surface area contributed by atoms with Crippen LogP contribution in [-0.4, -0.2) is 50.3 Å². The largest absolute Gasteiger partial charge is 0.376 e. The van der Waals surface area contributed by atoms with E-state index in [1.165, 1.54) is 18.4 Å². The fourth-order valence-electron chi connectivity index (χ4n) is 3.62. The van der Waals surface area contributed by atoms with Gasteiger partial charge in [-0.1, -0.05) is 30.3 Å². The maximum atomic E-state index is 5.92. The van der Waals surface area contributed by atoms with Gasteiger partial charge in [0.1, 0.15) is 0 Å². The van der Waals surface area contributed by atoms with Crippen molar-refractivity contribution in [2.45, 2.75) is 37.2 Å². The highest BCUT2D eigenvalue weighted by Crippen LogP contribution is 2.39. The second kappa shape index (κ2) is 6.69. The van der Waals surface area contributed by atoms with Gasteiger partial charge >= 0.3 is 0 Å². The molecular formula is C18H27N3O.